The topological polar surface area (TPSA) is 58.6 Å². The molecule has 0 aliphatic heterocycles. The van der Waals surface area contributed by atoms with Crippen LogP contribution in [0.1, 0.15) is 17.5 Å². The Balaban J connectivity index is 3.05. The van der Waals surface area contributed by atoms with Crippen LogP contribution in [0.4, 0.5) is 0 Å². The second kappa shape index (κ2) is 7.45. The van der Waals surface area contributed by atoms with E-state index < -0.39 is 10.0 Å². The van der Waals surface area contributed by atoms with Crippen molar-refractivity contribution in [2.75, 3.05) is 34.3 Å². The monoisotopic (exact) mass is 334 g/mol. The summed E-state index contributed by atoms with van der Waals surface area (Å²) in [6.45, 7) is 4.69. The normalized spacial score (nSPS) is 12.0. The first-order chi connectivity index (χ1) is 9.70. The molecule has 7 heteroatoms. The predicted octanol–water partition coefficient (Wildman–Crippen LogP) is 2.20. The second-order valence-corrected chi connectivity index (χ2v) is 7.30. The Morgan fingerprint density at radius 1 is 1.33 bits per heavy atom. The van der Waals surface area contributed by atoms with Gasteiger partial charge in [-0.25, -0.2) is 13.1 Å². The van der Waals surface area contributed by atoms with E-state index in [4.69, 9.17) is 16.3 Å². The molecule has 1 aromatic carbocycles. The van der Waals surface area contributed by atoms with E-state index in [-0.39, 0.29) is 4.90 Å². The third-order valence-corrected chi connectivity index (χ3v) is 5.36. The fourth-order valence-corrected chi connectivity index (χ4v) is 3.74. The Hall–Kier alpha value is -0.820. The highest BCUT2D eigenvalue weighted by Gasteiger charge is 2.24. The Bertz CT molecular complexity index is 601. The number of hydrogen-bond acceptors (Lipinski definition) is 4. The van der Waals surface area contributed by atoms with Gasteiger partial charge in [0.1, 0.15) is 10.6 Å². The smallest absolute Gasteiger partial charge is 0.244 e. The van der Waals surface area contributed by atoms with Gasteiger partial charge in [-0.15, -0.1) is 0 Å². The van der Waals surface area contributed by atoms with Crippen LogP contribution in [0.5, 0.6) is 5.75 Å². The Morgan fingerprint density at radius 2 is 1.95 bits per heavy atom. The van der Waals surface area contributed by atoms with Crippen molar-refractivity contribution in [2.45, 2.75) is 25.2 Å². The minimum atomic E-state index is -3.65. The van der Waals surface area contributed by atoms with Gasteiger partial charge in [0, 0.05) is 11.6 Å². The zero-order chi connectivity index (χ0) is 16.2. The molecular weight excluding hydrogens is 312 g/mol. The van der Waals surface area contributed by atoms with Gasteiger partial charge < -0.3 is 9.64 Å². The molecular formula is C14H23ClN2O3S. The minimum absolute atomic E-state index is 0.116. The molecule has 0 atom stereocenters. The van der Waals surface area contributed by atoms with Gasteiger partial charge in [-0.05, 0) is 58.1 Å². The van der Waals surface area contributed by atoms with Gasteiger partial charge in [0.2, 0.25) is 10.0 Å². The van der Waals surface area contributed by atoms with E-state index in [2.05, 4.69) is 4.72 Å². The second-order valence-electron chi connectivity index (χ2n) is 5.22. The van der Waals surface area contributed by atoms with Crippen molar-refractivity contribution in [3.63, 3.8) is 0 Å². The maximum Gasteiger partial charge on any atom is 0.244 e. The first-order valence-electron chi connectivity index (χ1n) is 6.68. The number of nitrogens with zero attached hydrogens (tertiary/aromatic N) is 1. The van der Waals surface area contributed by atoms with E-state index in [9.17, 15) is 8.42 Å². The number of aryl methyl sites for hydroxylation is 1. The molecule has 1 N–H and O–H groups in total. The van der Waals surface area contributed by atoms with Crippen molar-refractivity contribution in [3.8, 4) is 5.75 Å². The van der Waals surface area contributed by atoms with E-state index >= 15 is 0 Å². The maximum atomic E-state index is 12.5. The van der Waals surface area contributed by atoms with Crippen LogP contribution in [-0.4, -0.2) is 47.6 Å². The van der Waals surface area contributed by atoms with E-state index in [0.717, 1.165) is 18.5 Å². The van der Waals surface area contributed by atoms with Gasteiger partial charge in [-0.3, -0.25) is 0 Å². The summed E-state index contributed by atoms with van der Waals surface area (Å²) in [4.78, 5) is 2.12. The van der Waals surface area contributed by atoms with Crippen molar-refractivity contribution in [1.82, 2.24) is 9.62 Å². The van der Waals surface area contributed by atoms with Crippen LogP contribution in [0.25, 0.3) is 0 Å². The molecule has 0 radical (unpaired) electrons. The molecule has 0 heterocycles. The molecule has 0 saturated carbocycles. The van der Waals surface area contributed by atoms with Gasteiger partial charge in [-0.2, -0.15) is 0 Å². The molecule has 0 fully saturated rings. The van der Waals surface area contributed by atoms with Crippen molar-refractivity contribution in [1.29, 1.82) is 0 Å². The predicted molar refractivity (Wildman–Crippen MR) is 85.8 cm³/mol. The summed E-state index contributed by atoms with van der Waals surface area (Å²) in [5, 5.41) is 0.449. The lowest BCUT2D eigenvalue weighted by molar-refractivity contribution is 0.397. The van der Waals surface area contributed by atoms with Gasteiger partial charge in [0.05, 0.1) is 7.11 Å². The third-order valence-electron chi connectivity index (χ3n) is 3.15. The molecule has 0 unspecified atom stereocenters. The van der Waals surface area contributed by atoms with Gasteiger partial charge in [0.15, 0.2) is 0 Å². The highest BCUT2D eigenvalue weighted by Crippen LogP contribution is 2.34. The van der Waals surface area contributed by atoms with E-state index in [1.54, 1.807) is 13.0 Å². The molecule has 120 valence electrons. The van der Waals surface area contributed by atoms with Crippen LogP contribution in [0, 0.1) is 13.8 Å². The fourth-order valence-electron chi connectivity index (χ4n) is 2.07. The molecule has 0 aliphatic carbocycles. The molecule has 0 amide bonds. The van der Waals surface area contributed by atoms with Gasteiger partial charge >= 0.3 is 0 Å². The van der Waals surface area contributed by atoms with Crippen LogP contribution in [0.3, 0.4) is 0 Å². The van der Waals surface area contributed by atoms with Crippen LogP contribution in [0.2, 0.25) is 5.02 Å². The lowest BCUT2D eigenvalue weighted by Crippen LogP contribution is -2.28. The number of hydrogen-bond donors (Lipinski definition) is 1. The van der Waals surface area contributed by atoms with E-state index in [1.807, 2.05) is 25.9 Å². The van der Waals surface area contributed by atoms with E-state index in [1.165, 1.54) is 7.11 Å². The fraction of sp³-hybridized carbons (Fsp3) is 0.571. The summed E-state index contributed by atoms with van der Waals surface area (Å²) in [5.74, 6) is 0.314. The standard InChI is InChI=1S/C14H23ClN2O3S/c1-10-9-12(20-5)14(11(2)13(10)15)21(18,19)16-7-6-8-17(3)4/h9,16H,6-8H2,1-5H3. The number of rotatable bonds is 7. The average Bonchev–Trinajstić information content (AvgIpc) is 2.39. The molecule has 0 aliphatic rings. The lowest BCUT2D eigenvalue weighted by atomic mass is 10.1. The molecule has 0 saturated heterocycles. The Labute approximate surface area is 132 Å². The van der Waals surface area contributed by atoms with Gasteiger partial charge in [0.25, 0.3) is 0 Å². The SMILES string of the molecule is COc1cc(C)c(Cl)c(C)c1S(=O)(=O)NCCCN(C)C. The molecule has 21 heavy (non-hydrogen) atoms. The molecule has 5 nitrogen and oxygen atoms in total. The molecule has 1 rings (SSSR count). The van der Waals surface area contributed by atoms with E-state index in [0.29, 0.717) is 22.9 Å². The highest BCUT2D eigenvalue weighted by atomic mass is 35.5. The number of ether oxygens (including phenoxy) is 1. The molecule has 0 bridgehead atoms. The lowest BCUT2D eigenvalue weighted by Gasteiger charge is -2.16. The Morgan fingerprint density at radius 3 is 2.48 bits per heavy atom. The molecule has 0 aromatic heterocycles. The van der Waals surface area contributed by atoms with Crippen LogP contribution >= 0.6 is 11.6 Å². The van der Waals surface area contributed by atoms with Crippen molar-refractivity contribution in [3.05, 3.63) is 22.2 Å². The molecule has 1 aromatic rings. The third kappa shape index (κ3) is 4.57. The summed E-state index contributed by atoms with van der Waals surface area (Å²) < 4.78 is 32.8. The summed E-state index contributed by atoms with van der Waals surface area (Å²) >= 11 is 6.17. The first-order valence-corrected chi connectivity index (χ1v) is 8.55. The quantitative estimate of drug-likeness (QED) is 0.777. The number of methoxy groups -OCH3 is 1. The summed E-state index contributed by atoms with van der Waals surface area (Å²) in [6.07, 6.45) is 0.729. The van der Waals surface area contributed by atoms with Crippen molar-refractivity contribution in [2.24, 2.45) is 0 Å². The minimum Gasteiger partial charge on any atom is -0.495 e. The van der Waals surface area contributed by atoms with Crippen LogP contribution in [0.15, 0.2) is 11.0 Å². The summed E-state index contributed by atoms with van der Waals surface area (Å²) in [5.41, 5.74) is 1.30. The maximum absolute atomic E-state index is 12.5. The number of halogens is 1. The van der Waals surface area contributed by atoms with Crippen molar-refractivity contribution >= 4 is 21.6 Å². The number of benzene rings is 1. The number of nitrogens with one attached hydrogen (secondary N) is 1. The summed E-state index contributed by atoms with van der Waals surface area (Å²) in [7, 11) is 1.69. The zero-order valence-corrected chi connectivity index (χ0v) is 14.7. The number of sulfonamides is 1. The van der Waals surface area contributed by atoms with Gasteiger partial charge in [-0.1, -0.05) is 11.6 Å². The largest absolute Gasteiger partial charge is 0.495 e. The van der Waals surface area contributed by atoms with Crippen LogP contribution in [-0.2, 0) is 10.0 Å². The Kier molecular flexibility index (Phi) is 6.46. The van der Waals surface area contributed by atoms with Crippen molar-refractivity contribution < 1.29 is 13.2 Å². The molecule has 0 spiro atoms. The van der Waals surface area contributed by atoms with Crippen LogP contribution < -0.4 is 9.46 Å². The first kappa shape index (κ1) is 18.2. The summed E-state index contributed by atoms with van der Waals surface area (Å²) in [6, 6.07) is 1.64. The highest BCUT2D eigenvalue weighted by molar-refractivity contribution is 7.89. The zero-order valence-electron chi connectivity index (χ0n) is 13.2. The average molecular weight is 335 g/mol.